The van der Waals surface area contributed by atoms with Crippen molar-refractivity contribution >= 4 is 18.5 Å². The van der Waals surface area contributed by atoms with Crippen molar-refractivity contribution in [2.45, 2.75) is 31.6 Å². The van der Waals surface area contributed by atoms with E-state index in [-0.39, 0.29) is 16.7 Å². The zero-order valence-corrected chi connectivity index (χ0v) is 9.30. The van der Waals surface area contributed by atoms with E-state index in [0.29, 0.717) is 19.8 Å². The Balaban J connectivity index is 2.71. The van der Waals surface area contributed by atoms with Gasteiger partial charge < -0.3 is 9.64 Å². The summed E-state index contributed by atoms with van der Waals surface area (Å²) in [6, 6.07) is 0. The standard InChI is InChI=1S/C9H17NO2S/c1-7(13)8(11)10-4-5-12-6-9(10,2)3/h7,13H,4-6H2,1-3H3. The van der Waals surface area contributed by atoms with Gasteiger partial charge in [-0.15, -0.1) is 0 Å². The topological polar surface area (TPSA) is 29.5 Å². The highest BCUT2D eigenvalue weighted by molar-refractivity contribution is 7.81. The van der Waals surface area contributed by atoms with Gasteiger partial charge in [-0.2, -0.15) is 12.6 Å². The maximum Gasteiger partial charge on any atom is 0.235 e. The minimum atomic E-state index is -0.225. The van der Waals surface area contributed by atoms with Crippen LogP contribution in [-0.4, -0.2) is 41.4 Å². The normalized spacial score (nSPS) is 24.2. The Morgan fingerprint density at radius 3 is 2.69 bits per heavy atom. The van der Waals surface area contributed by atoms with Crippen LogP contribution in [0.2, 0.25) is 0 Å². The molecule has 0 saturated carbocycles. The number of rotatable bonds is 1. The quantitative estimate of drug-likeness (QED) is 0.643. The second-order valence-electron chi connectivity index (χ2n) is 4.03. The van der Waals surface area contributed by atoms with E-state index in [1.54, 1.807) is 6.92 Å². The predicted molar refractivity (Wildman–Crippen MR) is 55.1 cm³/mol. The molecule has 0 spiro atoms. The van der Waals surface area contributed by atoms with E-state index in [1.807, 2.05) is 18.7 Å². The number of hydrogen-bond donors (Lipinski definition) is 1. The van der Waals surface area contributed by atoms with Crippen molar-refractivity contribution in [1.29, 1.82) is 0 Å². The number of nitrogens with zero attached hydrogens (tertiary/aromatic N) is 1. The van der Waals surface area contributed by atoms with Crippen molar-refractivity contribution < 1.29 is 9.53 Å². The lowest BCUT2D eigenvalue weighted by molar-refractivity contribution is -0.145. The molecule has 0 radical (unpaired) electrons. The van der Waals surface area contributed by atoms with Crippen LogP contribution in [0.25, 0.3) is 0 Å². The van der Waals surface area contributed by atoms with Crippen LogP contribution in [0.15, 0.2) is 0 Å². The first kappa shape index (κ1) is 10.9. The Kier molecular flexibility index (Phi) is 3.24. The van der Waals surface area contributed by atoms with Crippen LogP contribution in [-0.2, 0) is 9.53 Å². The van der Waals surface area contributed by atoms with Gasteiger partial charge in [-0.05, 0) is 20.8 Å². The van der Waals surface area contributed by atoms with Gasteiger partial charge in [-0.3, -0.25) is 4.79 Å². The third-order valence-corrected chi connectivity index (χ3v) is 2.49. The highest BCUT2D eigenvalue weighted by Crippen LogP contribution is 2.20. The number of amides is 1. The average Bonchev–Trinajstić information content (AvgIpc) is 2.02. The van der Waals surface area contributed by atoms with Gasteiger partial charge in [0.15, 0.2) is 0 Å². The molecule has 0 bridgehead atoms. The van der Waals surface area contributed by atoms with Crippen LogP contribution in [0, 0.1) is 0 Å². The molecular weight excluding hydrogens is 186 g/mol. The van der Waals surface area contributed by atoms with Gasteiger partial charge in [0, 0.05) is 6.54 Å². The lowest BCUT2D eigenvalue weighted by Crippen LogP contribution is -2.57. The molecule has 13 heavy (non-hydrogen) atoms. The maximum absolute atomic E-state index is 11.7. The third kappa shape index (κ3) is 2.38. The summed E-state index contributed by atoms with van der Waals surface area (Å²) < 4.78 is 5.33. The SMILES string of the molecule is CC(S)C(=O)N1CCOCC1(C)C. The van der Waals surface area contributed by atoms with Crippen LogP contribution in [0.3, 0.4) is 0 Å². The average molecular weight is 203 g/mol. The summed E-state index contributed by atoms with van der Waals surface area (Å²) in [6.07, 6.45) is 0. The summed E-state index contributed by atoms with van der Waals surface area (Å²) in [5, 5.41) is -0.225. The van der Waals surface area contributed by atoms with E-state index in [1.165, 1.54) is 0 Å². The molecule has 1 atom stereocenters. The molecule has 0 aromatic carbocycles. The number of ether oxygens (including phenoxy) is 1. The minimum Gasteiger partial charge on any atom is -0.377 e. The van der Waals surface area contributed by atoms with Gasteiger partial charge in [-0.25, -0.2) is 0 Å². The lowest BCUT2D eigenvalue weighted by atomic mass is 10.0. The first-order valence-corrected chi connectivity index (χ1v) is 5.04. The van der Waals surface area contributed by atoms with E-state index in [0.717, 1.165) is 0 Å². The van der Waals surface area contributed by atoms with Gasteiger partial charge in [-0.1, -0.05) is 0 Å². The van der Waals surface area contributed by atoms with E-state index in [2.05, 4.69) is 12.6 Å². The molecular formula is C9H17NO2S. The van der Waals surface area contributed by atoms with Gasteiger partial charge in [0.1, 0.15) is 0 Å². The zero-order chi connectivity index (χ0) is 10.1. The highest BCUT2D eigenvalue weighted by atomic mass is 32.1. The molecule has 1 aliphatic heterocycles. The van der Waals surface area contributed by atoms with Gasteiger partial charge in [0.25, 0.3) is 0 Å². The first-order valence-electron chi connectivity index (χ1n) is 4.52. The molecule has 76 valence electrons. The van der Waals surface area contributed by atoms with Crippen LogP contribution in [0.4, 0.5) is 0 Å². The molecule has 1 rings (SSSR count). The Hall–Kier alpha value is -0.220. The molecule has 1 fully saturated rings. The fourth-order valence-electron chi connectivity index (χ4n) is 1.49. The summed E-state index contributed by atoms with van der Waals surface area (Å²) >= 11 is 4.15. The van der Waals surface area contributed by atoms with E-state index in [4.69, 9.17) is 4.74 Å². The Morgan fingerprint density at radius 2 is 2.23 bits per heavy atom. The number of carbonyl (C=O) groups is 1. The molecule has 0 N–H and O–H groups in total. The molecule has 4 heteroatoms. The third-order valence-electron chi connectivity index (χ3n) is 2.27. The molecule has 1 saturated heterocycles. The second kappa shape index (κ2) is 3.88. The lowest BCUT2D eigenvalue weighted by Gasteiger charge is -2.42. The predicted octanol–water partition coefficient (Wildman–Crippen LogP) is 0.942. The molecule has 0 aliphatic carbocycles. The van der Waals surface area contributed by atoms with Crippen molar-refractivity contribution in [3.05, 3.63) is 0 Å². The minimum absolute atomic E-state index is 0.0941. The number of morpholine rings is 1. The summed E-state index contributed by atoms with van der Waals surface area (Å²) in [4.78, 5) is 13.6. The molecule has 0 aromatic rings. The van der Waals surface area contributed by atoms with E-state index in [9.17, 15) is 4.79 Å². The maximum atomic E-state index is 11.7. The van der Waals surface area contributed by atoms with Crippen LogP contribution in [0.1, 0.15) is 20.8 Å². The molecule has 1 heterocycles. The first-order chi connectivity index (χ1) is 5.95. The van der Waals surface area contributed by atoms with Gasteiger partial charge in [0.2, 0.25) is 5.91 Å². The molecule has 3 nitrogen and oxygen atoms in total. The number of carbonyl (C=O) groups excluding carboxylic acids is 1. The van der Waals surface area contributed by atoms with Crippen molar-refractivity contribution in [2.75, 3.05) is 19.8 Å². The van der Waals surface area contributed by atoms with Gasteiger partial charge in [0.05, 0.1) is 24.0 Å². The Morgan fingerprint density at radius 1 is 1.62 bits per heavy atom. The monoisotopic (exact) mass is 203 g/mol. The fourth-order valence-corrected chi connectivity index (χ4v) is 1.63. The molecule has 0 aromatic heterocycles. The Bertz CT molecular complexity index is 204. The van der Waals surface area contributed by atoms with Crippen molar-refractivity contribution in [3.8, 4) is 0 Å². The largest absolute Gasteiger partial charge is 0.377 e. The molecule has 1 aliphatic rings. The van der Waals surface area contributed by atoms with E-state index >= 15 is 0 Å². The smallest absolute Gasteiger partial charge is 0.235 e. The summed E-state index contributed by atoms with van der Waals surface area (Å²) in [7, 11) is 0. The van der Waals surface area contributed by atoms with Crippen molar-refractivity contribution in [3.63, 3.8) is 0 Å². The van der Waals surface area contributed by atoms with Crippen LogP contribution in [0.5, 0.6) is 0 Å². The number of hydrogen-bond acceptors (Lipinski definition) is 3. The Labute approximate surface area is 84.8 Å². The van der Waals surface area contributed by atoms with Crippen LogP contribution >= 0.6 is 12.6 Å². The van der Waals surface area contributed by atoms with Crippen molar-refractivity contribution in [2.24, 2.45) is 0 Å². The fraction of sp³-hybridized carbons (Fsp3) is 0.889. The molecule has 1 amide bonds. The van der Waals surface area contributed by atoms with E-state index < -0.39 is 0 Å². The van der Waals surface area contributed by atoms with Gasteiger partial charge >= 0.3 is 0 Å². The summed E-state index contributed by atoms with van der Waals surface area (Å²) in [5.74, 6) is 0.0941. The zero-order valence-electron chi connectivity index (χ0n) is 8.41. The second-order valence-corrected chi connectivity index (χ2v) is 4.81. The highest BCUT2D eigenvalue weighted by Gasteiger charge is 2.34. The summed E-state index contributed by atoms with van der Waals surface area (Å²) in [6.45, 7) is 7.75. The summed E-state index contributed by atoms with van der Waals surface area (Å²) in [5.41, 5.74) is -0.188. The van der Waals surface area contributed by atoms with Crippen LogP contribution < -0.4 is 0 Å². The molecule has 1 unspecified atom stereocenters. The van der Waals surface area contributed by atoms with Crippen molar-refractivity contribution in [1.82, 2.24) is 4.90 Å². The number of thiol groups is 1.